The number of amides is 2. The lowest BCUT2D eigenvalue weighted by atomic mass is 10.1. The number of carbonyl (C=O) groups is 2. The van der Waals surface area contributed by atoms with Gasteiger partial charge in [0.05, 0.1) is 4.92 Å². The van der Waals surface area contributed by atoms with E-state index in [1.54, 1.807) is 50.5 Å². The molecule has 0 bridgehead atoms. The van der Waals surface area contributed by atoms with Crippen molar-refractivity contribution in [2.45, 2.75) is 0 Å². The SMILES string of the molecule is CN(C)C(=O)c1ccc(NC(=O)C=Cc2cccc([N+](=O)[O-])c2)cc1. The Morgan fingerprint density at radius 3 is 2.40 bits per heavy atom. The van der Waals surface area contributed by atoms with Crippen LogP contribution < -0.4 is 5.32 Å². The fourth-order valence-corrected chi connectivity index (χ4v) is 2.05. The van der Waals surface area contributed by atoms with Crippen molar-refractivity contribution in [1.82, 2.24) is 4.90 Å². The first kappa shape index (κ1) is 17.9. The Labute approximate surface area is 144 Å². The van der Waals surface area contributed by atoms with Crippen LogP contribution in [0.3, 0.4) is 0 Å². The summed E-state index contributed by atoms with van der Waals surface area (Å²) in [5.41, 5.74) is 1.58. The van der Waals surface area contributed by atoms with Crippen molar-refractivity contribution in [2.24, 2.45) is 0 Å². The minimum absolute atomic E-state index is 0.0382. The average Bonchev–Trinajstić information content (AvgIpc) is 2.60. The molecule has 0 aliphatic rings. The van der Waals surface area contributed by atoms with Gasteiger partial charge in [0.2, 0.25) is 5.91 Å². The standard InChI is InChI=1S/C18H17N3O4/c1-20(2)18(23)14-7-9-15(10-8-14)19-17(22)11-6-13-4-3-5-16(12-13)21(24)25/h3-12H,1-2H3,(H,19,22). The number of carbonyl (C=O) groups excluding carboxylic acids is 2. The van der Waals surface area contributed by atoms with E-state index < -0.39 is 4.92 Å². The Balaban J connectivity index is 2.01. The fraction of sp³-hybridized carbons (Fsp3) is 0.111. The van der Waals surface area contributed by atoms with Gasteiger partial charge in [-0.3, -0.25) is 19.7 Å². The Bertz CT molecular complexity index is 826. The van der Waals surface area contributed by atoms with Crippen LogP contribution in [0.1, 0.15) is 15.9 Å². The molecule has 7 heteroatoms. The monoisotopic (exact) mass is 339 g/mol. The van der Waals surface area contributed by atoms with Crippen molar-refractivity contribution >= 4 is 29.3 Å². The van der Waals surface area contributed by atoms with Crippen LogP contribution in [0.5, 0.6) is 0 Å². The van der Waals surface area contributed by atoms with Crippen molar-refractivity contribution in [3.63, 3.8) is 0 Å². The molecule has 25 heavy (non-hydrogen) atoms. The molecule has 0 radical (unpaired) electrons. The van der Waals surface area contributed by atoms with E-state index in [-0.39, 0.29) is 17.5 Å². The molecule has 0 aliphatic carbocycles. The fourth-order valence-electron chi connectivity index (χ4n) is 2.05. The van der Waals surface area contributed by atoms with Crippen molar-refractivity contribution in [3.8, 4) is 0 Å². The molecule has 0 fully saturated rings. The minimum atomic E-state index is -0.492. The van der Waals surface area contributed by atoms with Gasteiger partial charge >= 0.3 is 0 Å². The molecular formula is C18H17N3O4. The van der Waals surface area contributed by atoms with Crippen LogP contribution in [0.25, 0.3) is 6.08 Å². The number of non-ortho nitro benzene ring substituents is 1. The highest BCUT2D eigenvalue weighted by atomic mass is 16.6. The summed E-state index contributed by atoms with van der Waals surface area (Å²) in [7, 11) is 3.33. The molecule has 2 rings (SSSR count). The summed E-state index contributed by atoms with van der Waals surface area (Å²) in [5, 5.41) is 13.4. The molecule has 2 amide bonds. The van der Waals surface area contributed by atoms with Crippen molar-refractivity contribution in [1.29, 1.82) is 0 Å². The molecular weight excluding hydrogens is 322 g/mol. The van der Waals surface area contributed by atoms with Crippen LogP contribution >= 0.6 is 0 Å². The number of nitrogens with zero attached hydrogens (tertiary/aromatic N) is 2. The first-order valence-corrected chi connectivity index (χ1v) is 7.42. The molecule has 2 aromatic rings. The molecule has 0 saturated carbocycles. The van der Waals surface area contributed by atoms with Crippen LogP contribution in [-0.4, -0.2) is 35.7 Å². The Hall–Kier alpha value is -3.48. The summed E-state index contributed by atoms with van der Waals surface area (Å²) in [6, 6.07) is 12.5. The van der Waals surface area contributed by atoms with Gasteiger partial charge in [-0.25, -0.2) is 0 Å². The summed E-state index contributed by atoms with van der Waals surface area (Å²) in [4.78, 5) is 35.4. The molecule has 1 N–H and O–H groups in total. The van der Waals surface area contributed by atoms with E-state index in [2.05, 4.69) is 5.32 Å². The zero-order chi connectivity index (χ0) is 18.4. The smallest absolute Gasteiger partial charge is 0.270 e. The molecule has 0 heterocycles. The normalized spacial score (nSPS) is 10.5. The second kappa shape index (κ2) is 7.87. The zero-order valence-corrected chi connectivity index (χ0v) is 13.8. The number of nitrogens with one attached hydrogen (secondary N) is 1. The van der Waals surface area contributed by atoms with Gasteiger partial charge in [0, 0.05) is 43.6 Å². The highest BCUT2D eigenvalue weighted by Crippen LogP contribution is 2.15. The predicted molar refractivity (Wildman–Crippen MR) is 95.2 cm³/mol. The number of nitro groups is 1. The lowest BCUT2D eigenvalue weighted by molar-refractivity contribution is -0.384. The molecule has 0 aliphatic heterocycles. The summed E-state index contributed by atoms with van der Waals surface area (Å²) in [6.45, 7) is 0. The summed E-state index contributed by atoms with van der Waals surface area (Å²) < 4.78 is 0. The van der Waals surface area contributed by atoms with Crippen LogP contribution in [0.4, 0.5) is 11.4 Å². The van der Waals surface area contributed by atoms with Gasteiger partial charge in [-0.15, -0.1) is 0 Å². The third-order valence-electron chi connectivity index (χ3n) is 3.31. The first-order chi connectivity index (χ1) is 11.9. The van der Waals surface area contributed by atoms with Crippen molar-refractivity contribution in [2.75, 3.05) is 19.4 Å². The van der Waals surface area contributed by atoms with Crippen molar-refractivity contribution < 1.29 is 14.5 Å². The molecule has 0 spiro atoms. The van der Waals surface area contributed by atoms with Crippen molar-refractivity contribution in [3.05, 3.63) is 75.8 Å². The summed E-state index contributed by atoms with van der Waals surface area (Å²) in [5.74, 6) is -0.498. The van der Waals surface area contributed by atoms with Gasteiger partial charge < -0.3 is 10.2 Å². The maximum atomic E-state index is 11.9. The third kappa shape index (κ3) is 5.00. The Morgan fingerprint density at radius 1 is 1.12 bits per heavy atom. The van der Waals surface area contributed by atoms with E-state index in [1.807, 2.05) is 0 Å². The van der Waals surface area contributed by atoms with Crippen LogP contribution in [-0.2, 0) is 4.79 Å². The largest absolute Gasteiger partial charge is 0.345 e. The van der Waals surface area contributed by atoms with E-state index in [4.69, 9.17) is 0 Å². The molecule has 0 aromatic heterocycles. The Morgan fingerprint density at radius 2 is 1.80 bits per heavy atom. The molecule has 0 unspecified atom stereocenters. The van der Waals surface area contributed by atoms with E-state index in [1.165, 1.54) is 29.2 Å². The molecule has 7 nitrogen and oxygen atoms in total. The van der Waals surface area contributed by atoms with Crippen LogP contribution in [0.15, 0.2) is 54.6 Å². The lowest BCUT2D eigenvalue weighted by Gasteiger charge is -2.10. The summed E-state index contributed by atoms with van der Waals surface area (Å²) in [6.07, 6.45) is 2.78. The predicted octanol–water partition coefficient (Wildman–Crippen LogP) is 2.95. The number of hydrogen-bond acceptors (Lipinski definition) is 4. The lowest BCUT2D eigenvalue weighted by Crippen LogP contribution is -2.21. The second-order valence-corrected chi connectivity index (χ2v) is 5.45. The highest BCUT2D eigenvalue weighted by molar-refractivity contribution is 6.02. The maximum absolute atomic E-state index is 11.9. The minimum Gasteiger partial charge on any atom is -0.345 e. The second-order valence-electron chi connectivity index (χ2n) is 5.45. The van der Waals surface area contributed by atoms with E-state index in [0.29, 0.717) is 16.8 Å². The van der Waals surface area contributed by atoms with Gasteiger partial charge in [-0.2, -0.15) is 0 Å². The van der Waals surface area contributed by atoms with E-state index >= 15 is 0 Å². The van der Waals surface area contributed by atoms with Gasteiger partial charge in [-0.05, 0) is 35.9 Å². The molecule has 0 saturated heterocycles. The number of rotatable bonds is 5. The van der Waals surface area contributed by atoms with Gasteiger partial charge in [-0.1, -0.05) is 12.1 Å². The molecule has 2 aromatic carbocycles. The van der Waals surface area contributed by atoms with E-state index in [9.17, 15) is 19.7 Å². The quantitative estimate of drug-likeness (QED) is 0.515. The summed E-state index contributed by atoms with van der Waals surface area (Å²) >= 11 is 0. The number of anilines is 1. The highest BCUT2D eigenvalue weighted by Gasteiger charge is 2.08. The van der Waals surface area contributed by atoms with E-state index in [0.717, 1.165) is 0 Å². The number of nitro benzene ring substituents is 1. The zero-order valence-electron chi connectivity index (χ0n) is 13.8. The number of benzene rings is 2. The third-order valence-corrected chi connectivity index (χ3v) is 3.31. The topological polar surface area (TPSA) is 92.6 Å². The first-order valence-electron chi connectivity index (χ1n) is 7.42. The van der Waals surface area contributed by atoms with Gasteiger partial charge in [0.25, 0.3) is 11.6 Å². The molecule has 0 atom stereocenters. The number of hydrogen-bond donors (Lipinski definition) is 1. The average molecular weight is 339 g/mol. The van der Waals surface area contributed by atoms with Gasteiger partial charge in [0.15, 0.2) is 0 Å². The maximum Gasteiger partial charge on any atom is 0.270 e. The van der Waals surface area contributed by atoms with Crippen LogP contribution in [0, 0.1) is 10.1 Å². The van der Waals surface area contributed by atoms with Gasteiger partial charge in [0.1, 0.15) is 0 Å². The molecule has 128 valence electrons. The van der Waals surface area contributed by atoms with Crippen LogP contribution in [0.2, 0.25) is 0 Å². The Kier molecular flexibility index (Phi) is 5.62.